The molecular weight excluding hydrogens is 436 g/mol. The first-order valence-corrected chi connectivity index (χ1v) is 16.1. The Morgan fingerprint density at radius 2 is 1.61 bits per heavy atom. The van der Waals surface area contributed by atoms with Gasteiger partial charge in [-0.05, 0) is 158 Å². The summed E-state index contributed by atoms with van der Waals surface area (Å²) in [6.45, 7) is 22.5. The lowest BCUT2D eigenvalue weighted by molar-refractivity contribution is -0.111. The maximum absolute atomic E-state index is 4.44. The minimum Gasteiger partial charge on any atom is -0.384 e. The number of hydrogen-bond acceptors (Lipinski definition) is 2. The van der Waals surface area contributed by atoms with Gasteiger partial charge in [0.1, 0.15) is 0 Å². The van der Waals surface area contributed by atoms with Gasteiger partial charge in [0.25, 0.3) is 0 Å². The first-order valence-electron chi connectivity index (χ1n) is 16.1. The van der Waals surface area contributed by atoms with Crippen molar-refractivity contribution in [3.8, 4) is 0 Å². The predicted octanol–water partition coefficient (Wildman–Crippen LogP) is 9.26. The summed E-state index contributed by atoms with van der Waals surface area (Å²) in [6.07, 6.45) is 21.4. The highest BCUT2D eigenvalue weighted by atomic mass is 15.0. The molecule has 2 heteroatoms. The summed E-state index contributed by atoms with van der Waals surface area (Å²) in [4.78, 5) is 0. The van der Waals surface area contributed by atoms with Crippen LogP contribution in [0.4, 0.5) is 0 Å². The van der Waals surface area contributed by atoms with E-state index in [9.17, 15) is 0 Å². The predicted molar refractivity (Wildman–Crippen MR) is 157 cm³/mol. The number of nitrogens with one attached hydrogen (secondary N) is 2. The van der Waals surface area contributed by atoms with Gasteiger partial charge < -0.3 is 10.6 Å². The van der Waals surface area contributed by atoms with Crippen LogP contribution in [-0.4, -0.2) is 17.6 Å². The average Bonchev–Trinajstić information content (AvgIpc) is 3.14. The van der Waals surface area contributed by atoms with Crippen molar-refractivity contribution in [2.45, 2.75) is 156 Å². The molecule has 0 aliphatic heterocycles. The standard InChI is InChI=1S/C34H62N2/c1-9-31(3,4)35-24-23-32(5,6)36-25(2)13-12-15-27-17-19-29-28-18-16-26-14-10-11-21-33(26,7)30(28)20-22-34(27,29)8/h26-30,35-36H,2,9-24H2,1,3-8H3. The fourth-order valence-corrected chi connectivity index (χ4v) is 9.88. The molecule has 0 aromatic rings. The summed E-state index contributed by atoms with van der Waals surface area (Å²) in [5.41, 5.74) is 2.88. The summed E-state index contributed by atoms with van der Waals surface area (Å²) >= 11 is 0. The molecule has 4 rings (SSSR count). The van der Waals surface area contributed by atoms with Gasteiger partial charge >= 0.3 is 0 Å². The van der Waals surface area contributed by atoms with Crippen LogP contribution in [0, 0.1) is 40.4 Å². The van der Waals surface area contributed by atoms with Crippen LogP contribution < -0.4 is 10.6 Å². The maximum atomic E-state index is 4.44. The minimum atomic E-state index is 0.102. The monoisotopic (exact) mass is 498 g/mol. The fraction of sp³-hybridized carbons (Fsp3) is 0.941. The van der Waals surface area contributed by atoms with E-state index < -0.39 is 0 Å². The number of hydrogen-bond donors (Lipinski definition) is 2. The van der Waals surface area contributed by atoms with E-state index in [2.05, 4.69) is 65.7 Å². The van der Waals surface area contributed by atoms with Crippen LogP contribution in [0.1, 0.15) is 145 Å². The third-order valence-corrected chi connectivity index (χ3v) is 12.6. The van der Waals surface area contributed by atoms with Gasteiger partial charge in [0, 0.05) is 16.8 Å². The molecule has 0 aromatic heterocycles. The van der Waals surface area contributed by atoms with Crippen LogP contribution in [0.15, 0.2) is 12.3 Å². The molecule has 4 aliphatic rings. The smallest absolute Gasteiger partial charge is 0.0326 e. The Morgan fingerprint density at radius 3 is 2.36 bits per heavy atom. The number of allylic oxidation sites excluding steroid dienone is 1. The van der Waals surface area contributed by atoms with E-state index >= 15 is 0 Å². The van der Waals surface area contributed by atoms with Gasteiger partial charge in [0.2, 0.25) is 0 Å². The molecule has 0 amide bonds. The summed E-state index contributed by atoms with van der Waals surface area (Å²) in [5.74, 6) is 5.09. The lowest BCUT2D eigenvalue weighted by atomic mass is 9.45. The van der Waals surface area contributed by atoms with E-state index in [0.717, 1.165) is 55.4 Å². The van der Waals surface area contributed by atoms with Gasteiger partial charge in [-0.2, -0.15) is 0 Å². The normalized spacial score (nSPS) is 38.7. The Bertz CT molecular complexity index is 752. The zero-order valence-corrected chi connectivity index (χ0v) is 25.4. The second-order valence-electron chi connectivity index (χ2n) is 15.6. The average molecular weight is 499 g/mol. The maximum Gasteiger partial charge on any atom is 0.0326 e. The van der Waals surface area contributed by atoms with E-state index in [-0.39, 0.29) is 11.1 Å². The Balaban J connectivity index is 1.24. The van der Waals surface area contributed by atoms with Crippen LogP contribution in [-0.2, 0) is 0 Å². The molecule has 4 saturated carbocycles. The van der Waals surface area contributed by atoms with Crippen molar-refractivity contribution in [2.75, 3.05) is 6.54 Å². The van der Waals surface area contributed by atoms with E-state index in [4.69, 9.17) is 0 Å². The molecule has 0 heterocycles. The van der Waals surface area contributed by atoms with E-state index in [1.54, 1.807) is 12.8 Å². The van der Waals surface area contributed by atoms with Crippen molar-refractivity contribution in [3.05, 3.63) is 12.3 Å². The van der Waals surface area contributed by atoms with Crippen LogP contribution >= 0.6 is 0 Å². The fourth-order valence-electron chi connectivity index (χ4n) is 9.88. The molecule has 0 aromatic carbocycles. The molecule has 2 nitrogen and oxygen atoms in total. The summed E-state index contributed by atoms with van der Waals surface area (Å²) in [5, 5.41) is 7.50. The molecule has 0 bridgehead atoms. The molecule has 2 N–H and O–H groups in total. The third-order valence-electron chi connectivity index (χ3n) is 12.6. The lowest BCUT2D eigenvalue weighted by Gasteiger charge is -2.60. The molecule has 7 unspecified atom stereocenters. The number of rotatable bonds is 11. The van der Waals surface area contributed by atoms with E-state index in [0.29, 0.717) is 10.8 Å². The SMILES string of the molecule is C=C(CCCC1CCC2C3CCC4CCCCC4(C)C3CCC12C)NC(C)(C)CCNC(C)(C)CC. The minimum absolute atomic E-state index is 0.102. The van der Waals surface area contributed by atoms with Gasteiger partial charge in [-0.15, -0.1) is 0 Å². The molecule has 208 valence electrons. The summed E-state index contributed by atoms with van der Waals surface area (Å²) in [7, 11) is 0. The molecule has 36 heavy (non-hydrogen) atoms. The first kappa shape index (κ1) is 28.5. The largest absolute Gasteiger partial charge is 0.384 e. The van der Waals surface area contributed by atoms with Crippen molar-refractivity contribution in [1.29, 1.82) is 0 Å². The topological polar surface area (TPSA) is 24.1 Å². The molecule has 4 fully saturated rings. The van der Waals surface area contributed by atoms with Crippen LogP contribution in [0.3, 0.4) is 0 Å². The lowest BCUT2D eigenvalue weighted by Crippen LogP contribution is -2.52. The van der Waals surface area contributed by atoms with Crippen molar-refractivity contribution in [3.63, 3.8) is 0 Å². The zero-order chi connectivity index (χ0) is 26.2. The highest BCUT2D eigenvalue weighted by molar-refractivity contribution is 5.09. The second kappa shape index (κ2) is 10.9. The van der Waals surface area contributed by atoms with Gasteiger partial charge in [-0.25, -0.2) is 0 Å². The van der Waals surface area contributed by atoms with E-state index in [1.165, 1.54) is 69.9 Å². The molecule has 4 aliphatic carbocycles. The van der Waals surface area contributed by atoms with Crippen LogP contribution in [0.25, 0.3) is 0 Å². The highest BCUT2D eigenvalue weighted by Crippen LogP contribution is 2.67. The molecule has 0 radical (unpaired) electrons. The number of fused-ring (bicyclic) bond motifs is 5. The highest BCUT2D eigenvalue weighted by Gasteiger charge is 2.59. The first-order chi connectivity index (χ1) is 16.9. The van der Waals surface area contributed by atoms with Gasteiger partial charge in [0.05, 0.1) is 0 Å². The Kier molecular flexibility index (Phi) is 8.66. The Morgan fingerprint density at radius 1 is 0.861 bits per heavy atom. The van der Waals surface area contributed by atoms with E-state index in [1.807, 2.05) is 0 Å². The summed E-state index contributed by atoms with van der Waals surface area (Å²) < 4.78 is 0. The second-order valence-corrected chi connectivity index (χ2v) is 15.6. The Labute approximate surface area is 225 Å². The summed E-state index contributed by atoms with van der Waals surface area (Å²) in [6, 6.07) is 0. The third kappa shape index (κ3) is 5.89. The Hall–Kier alpha value is -0.500. The van der Waals surface area contributed by atoms with Gasteiger partial charge in [0.15, 0.2) is 0 Å². The van der Waals surface area contributed by atoms with Gasteiger partial charge in [-0.3, -0.25) is 0 Å². The molecule has 0 saturated heterocycles. The molecule has 0 spiro atoms. The van der Waals surface area contributed by atoms with Crippen molar-refractivity contribution in [1.82, 2.24) is 10.6 Å². The van der Waals surface area contributed by atoms with Crippen molar-refractivity contribution < 1.29 is 0 Å². The van der Waals surface area contributed by atoms with Crippen LogP contribution in [0.2, 0.25) is 0 Å². The quantitative estimate of drug-likeness (QED) is 0.296. The van der Waals surface area contributed by atoms with Crippen molar-refractivity contribution in [2.24, 2.45) is 40.4 Å². The van der Waals surface area contributed by atoms with Gasteiger partial charge in [-0.1, -0.05) is 40.2 Å². The zero-order valence-electron chi connectivity index (χ0n) is 25.4. The van der Waals surface area contributed by atoms with Crippen LogP contribution in [0.5, 0.6) is 0 Å². The molecular formula is C34H62N2. The molecule has 7 atom stereocenters. The van der Waals surface area contributed by atoms with Crippen molar-refractivity contribution >= 4 is 0 Å².